The highest BCUT2D eigenvalue weighted by atomic mass is 32.1. The van der Waals surface area contributed by atoms with Gasteiger partial charge >= 0.3 is 12.1 Å². The van der Waals surface area contributed by atoms with Gasteiger partial charge in [0.25, 0.3) is 5.91 Å². The van der Waals surface area contributed by atoms with Crippen LogP contribution in [-0.2, 0) is 17.6 Å². The van der Waals surface area contributed by atoms with E-state index in [0.29, 0.717) is 18.5 Å². The van der Waals surface area contributed by atoms with Crippen LogP contribution in [0.3, 0.4) is 0 Å². The van der Waals surface area contributed by atoms with Gasteiger partial charge < -0.3 is 10.6 Å². The van der Waals surface area contributed by atoms with Gasteiger partial charge in [0, 0.05) is 16.0 Å². The van der Waals surface area contributed by atoms with Gasteiger partial charge in [0.2, 0.25) is 0 Å². The number of rotatable bonds is 3. The third-order valence-electron chi connectivity index (χ3n) is 4.92. The quantitative estimate of drug-likeness (QED) is 0.587. The van der Waals surface area contributed by atoms with Crippen molar-refractivity contribution in [2.24, 2.45) is 0 Å². The summed E-state index contributed by atoms with van der Waals surface area (Å²) in [6.45, 7) is 0. The summed E-state index contributed by atoms with van der Waals surface area (Å²) in [5.74, 6) is -2.59. The highest BCUT2D eigenvalue weighted by Gasteiger charge is 2.40. The average Bonchev–Trinajstić information content (AvgIpc) is 3.05. The van der Waals surface area contributed by atoms with E-state index in [0.717, 1.165) is 45.4 Å². The molecule has 0 saturated heterocycles. The third-order valence-corrected chi connectivity index (χ3v) is 6.13. The zero-order chi connectivity index (χ0) is 20.6. The first-order valence-electron chi connectivity index (χ1n) is 9.16. The molecule has 1 aliphatic carbocycles. The molecule has 0 fully saturated rings. The molecule has 0 radical (unpaired) electrons. The molecule has 29 heavy (non-hydrogen) atoms. The van der Waals surface area contributed by atoms with E-state index in [1.54, 1.807) is 12.1 Å². The molecule has 0 atom stereocenters. The summed E-state index contributed by atoms with van der Waals surface area (Å²) in [4.78, 5) is 25.5. The van der Waals surface area contributed by atoms with Crippen molar-refractivity contribution in [3.63, 3.8) is 0 Å². The number of aryl methyl sites for hydroxylation is 1. The molecule has 4 nitrogen and oxygen atoms in total. The molecule has 0 bridgehead atoms. The highest BCUT2D eigenvalue weighted by Crippen LogP contribution is 2.39. The highest BCUT2D eigenvalue weighted by molar-refractivity contribution is 7.17. The Morgan fingerprint density at radius 1 is 0.931 bits per heavy atom. The van der Waals surface area contributed by atoms with Gasteiger partial charge in [-0.2, -0.15) is 13.2 Å². The molecule has 1 aromatic heterocycles. The van der Waals surface area contributed by atoms with Gasteiger partial charge in [0.1, 0.15) is 5.00 Å². The number of carbonyl (C=O) groups is 2. The summed E-state index contributed by atoms with van der Waals surface area (Å²) in [7, 11) is 0. The lowest BCUT2D eigenvalue weighted by molar-refractivity contribution is -0.167. The molecule has 0 unspecified atom stereocenters. The van der Waals surface area contributed by atoms with Gasteiger partial charge in [-0.1, -0.05) is 36.4 Å². The second kappa shape index (κ2) is 7.51. The lowest BCUT2D eigenvalue weighted by Gasteiger charge is -2.14. The van der Waals surface area contributed by atoms with E-state index in [1.165, 1.54) is 0 Å². The van der Waals surface area contributed by atoms with E-state index in [1.807, 2.05) is 35.6 Å². The van der Waals surface area contributed by atoms with Crippen LogP contribution in [0.1, 0.15) is 33.6 Å². The molecular formula is C21H17F3N2O2S. The van der Waals surface area contributed by atoms with Crippen molar-refractivity contribution in [2.45, 2.75) is 31.9 Å². The Kier molecular flexibility index (Phi) is 5.04. The first-order valence-corrected chi connectivity index (χ1v) is 9.98. The molecule has 2 aromatic carbocycles. The number of fused-ring (bicyclic) bond motifs is 2. The van der Waals surface area contributed by atoms with Crippen molar-refractivity contribution in [1.29, 1.82) is 0 Å². The number of thiophene rings is 1. The number of benzene rings is 2. The molecule has 8 heteroatoms. The molecule has 150 valence electrons. The number of hydrogen-bond acceptors (Lipinski definition) is 3. The number of hydrogen-bond donors (Lipinski definition) is 2. The van der Waals surface area contributed by atoms with Crippen molar-refractivity contribution < 1.29 is 22.8 Å². The van der Waals surface area contributed by atoms with Crippen molar-refractivity contribution >= 4 is 44.6 Å². The maximum absolute atomic E-state index is 13.1. The summed E-state index contributed by atoms with van der Waals surface area (Å²) >= 11 is 1.06. The molecule has 0 saturated carbocycles. The molecular weight excluding hydrogens is 401 g/mol. The minimum atomic E-state index is -5.02. The second-order valence-electron chi connectivity index (χ2n) is 6.85. The van der Waals surface area contributed by atoms with Crippen LogP contribution < -0.4 is 10.6 Å². The third kappa shape index (κ3) is 3.85. The van der Waals surface area contributed by atoms with Crippen molar-refractivity contribution in [3.05, 3.63) is 58.5 Å². The fourth-order valence-corrected chi connectivity index (χ4v) is 4.87. The Labute approximate surface area is 168 Å². The number of halogens is 3. The molecule has 3 aromatic rings. The normalized spacial score (nSPS) is 13.8. The Morgan fingerprint density at radius 2 is 1.66 bits per heavy atom. The summed E-state index contributed by atoms with van der Waals surface area (Å²) in [6, 6.07) is 13.0. The summed E-state index contributed by atoms with van der Waals surface area (Å²) in [6.07, 6.45) is -1.97. The standard InChI is InChI=1S/C21H17F3N2O2S/c22-21(23,24)20(28)26-19-17(14-9-3-4-11-16(14)29-19)18(27)25-15-10-5-7-12-6-1-2-8-13(12)15/h1-2,5-8,10H,3-4,9,11H2,(H,25,27)(H,26,28). The number of alkyl halides is 3. The van der Waals surface area contributed by atoms with Crippen LogP contribution in [0.5, 0.6) is 0 Å². The van der Waals surface area contributed by atoms with Crippen molar-refractivity contribution in [2.75, 3.05) is 10.6 Å². The smallest absolute Gasteiger partial charge is 0.321 e. The largest absolute Gasteiger partial charge is 0.471 e. The van der Waals surface area contributed by atoms with Gasteiger partial charge in [0.15, 0.2) is 0 Å². The Balaban J connectivity index is 1.72. The summed E-state index contributed by atoms with van der Waals surface area (Å²) < 4.78 is 38.3. The minimum absolute atomic E-state index is 0.0445. The van der Waals surface area contributed by atoms with E-state index in [-0.39, 0.29) is 10.6 Å². The van der Waals surface area contributed by atoms with Gasteiger partial charge in [-0.3, -0.25) is 9.59 Å². The van der Waals surface area contributed by atoms with E-state index in [4.69, 9.17) is 0 Å². The predicted octanol–water partition coefficient (Wildman–Crippen LogP) is 5.53. The van der Waals surface area contributed by atoms with Crippen molar-refractivity contribution in [3.8, 4) is 0 Å². The van der Waals surface area contributed by atoms with E-state index < -0.39 is 18.0 Å². The molecule has 0 spiro atoms. The molecule has 1 aliphatic rings. The monoisotopic (exact) mass is 418 g/mol. The number of anilines is 2. The maximum atomic E-state index is 13.1. The SMILES string of the molecule is O=C(Nc1cccc2ccccc12)c1c(NC(=O)C(F)(F)F)sc2c1CCCC2. The Morgan fingerprint density at radius 3 is 2.45 bits per heavy atom. The second-order valence-corrected chi connectivity index (χ2v) is 7.95. The minimum Gasteiger partial charge on any atom is -0.321 e. The van der Waals surface area contributed by atoms with Gasteiger partial charge in [0.05, 0.1) is 5.56 Å². The lowest BCUT2D eigenvalue weighted by Crippen LogP contribution is -2.30. The Hall–Kier alpha value is -2.87. The van der Waals surface area contributed by atoms with Crippen LogP contribution in [0.2, 0.25) is 0 Å². The molecule has 0 aliphatic heterocycles. The number of carbonyl (C=O) groups excluding carboxylic acids is 2. The summed E-state index contributed by atoms with van der Waals surface area (Å²) in [5, 5.41) is 6.45. The summed E-state index contributed by atoms with van der Waals surface area (Å²) in [5.41, 5.74) is 1.43. The molecule has 1 heterocycles. The van der Waals surface area contributed by atoms with Crippen LogP contribution in [-0.4, -0.2) is 18.0 Å². The number of nitrogens with one attached hydrogen (secondary N) is 2. The topological polar surface area (TPSA) is 58.2 Å². The number of amides is 2. The zero-order valence-corrected chi connectivity index (χ0v) is 16.0. The van der Waals surface area contributed by atoms with Gasteiger partial charge in [-0.15, -0.1) is 11.3 Å². The van der Waals surface area contributed by atoms with Crippen LogP contribution in [0.15, 0.2) is 42.5 Å². The maximum Gasteiger partial charge on any atom is 0.471 e. The van der Waals surface area contributed by atoms with Gasteiger partial charge in [-0.25, -0.2) is 0 Å². The lowest BCUT2D eigenvalue weighted by atomic mass is 9.95. The van der Waals surface area contributed by atoms with Crippen LogP contribution in [0, 0.1) is 0 Å². The first kappa shape index (κ1) is 19.4. The van der Waals surface area contributed by atoms with Crippen LogP contribution in [0.4, 0.5) is 23.9 Å². The van der Waals surface area contributed by atoms with E-state index in [9.17, 15) is 22.8 Å². The fraction of sp³-hybridized carbons (Fsp3) is 0.238. The fourth-order valence-electron chi connectivity index (χ4n) is 3.59. The Bertz CT molecular complexity index is 1100. The van der Waals surface area contributed by atoms with Crippen LogP contribution >= 0.6 is 11.3 Å². The van der Waals surface area contributed by atoms with Crippen molar-refractivity contribution in [1.82, 2.24) is 0 Å². The average molecular weight is 418 g/mol. The van der Waals surface area contributed by atoms with E-state index in [2.05, 4.69) is 5.32 Å². The van der Waals surface area contributed by atoms with E-state index >= 15 is 0 Å². The molecule has 2 amide bonds. The van der Waals surface area contributed by atoms with Crippen LogP contribution in [0.25, 0.3) is 10.8 Å². The molecule has 4 rings (SSSR count). The van der Waals surface area contributed by atoms with Gasteiger partial charge in [-0.05, 0) is 42.7 Å². The zero-order valence-electron chi connectivity index (χ0n) is 15.2. The predicted molar refractivity (Wildman–Crippen MR) is 108 cm³/mol. The molecule has 2 N–H and O–H groups in total. The first-order chi connectivity index (χ1) is 13.8.